The van der Waals surface area contributed by atoms with E-state index >= 15 is 0 Å². The van der Waals surface area contributed by atoms with Gasteiger partial charge in [0.25, 0.3) is 5.91 Å². The van der Waals surface area contributed by atoms with E-state index in [1.807, 2.05) is 26.0 Å². The Balaban J connectivity index is 2.77. The third-order valence-corrected chi connectivity index (χ3v) is 3.43. The highest BCUT2D eigenvalue weighted by Gasteiger charge is 2.22. The van der Waals surface area contributed by atoms with Crippen LogP contribution in [-0.2, 0) is 9.59 Å². The normalized spacial score (nSPS) is 12.4. The molecule has 3 N–H and O–H groups in total. The average molecular weight is 380 g/mol. The second-order valence-corrected chi connectivity index (χ2v) is 6.23. The van der Waals surface area contributed by atoms with Crippen molar-refractivity contribution < 1.29 is 14.7 Å². The fourth-order valence-corrected chi connectivity index (χ4v) is 2.04. The van der Waals surface area contributed by atoms with E-state index in [-0.39, 0.29) is 11.5 Å². The van der Waals surface area contributed by atoms with E-state index < -0.39 is 17.9 Å². The van der Waals surface area contributed by atoms with Gasteiger partial charge in [0.15, 0.2) is 0 Å². The highest BCUT2D eigenvalue weighted by atomic mass is 79.9. The standard InChI is InChI=1S/C16H18BrN3O3/c1-10(2)7-14(16(22)23)20-15(21)11(8-18)9-19-13-5-3-12(17)4-6-13/h3-6,9-10,14,19H,7H2,1-2H3,(H,20,21)(H,22,23)/b11-9-. The van der Waals surface area contributed by atoms with Crippen molar-refractivity contribution in [1.82, 2.24) is 5.32 Å². The molecule has 0 aliphatic heterocycles. The predicted molar refractivity (Wildman–Crippen MR) is 90.5 cm³/mol. The molecular formula is C16H18BrN3O3. The lowest BCUT2D eigenvalue weighted by Gasteiger charge is -2.16. The molecular weight excluding hydrogens is 362 g/mol. The Labute approximate surface area is 143 Å². The quantitative estimate of drug-likeness (QED) is 0.499. The molecule has 1 amide bonds. The number of anilines is 1. The van der Waals surface area contributed by atoms with E-state index in [4.69, 9.17) is 10.4 Å². The van der Waals surface area contributed by atoms with Gasteiger partial charge in [-0.2, -0.15) is 5.26 Å². The van der Waals surface area contributed by atoms with Gasteiger partial charge in [-0.1, -0.05) is 29.8 Å². The number of carboxylic acid groups (broad SMARTS) is 1. The Hall–Kier alpha value is -2.33. The first-order valence-electron chi connectivity index (χ1n) is 6.99. The molecule has 1 aromatic carbocycles. The van der Waals surface area contributed by atoms with Crippen LogP contribution in [-0.4, -0.2) is 23.0 Å². The number of rotatable bonds is 7. The first-order valence-corrected chi connectivity index (χ1v) is 7.78. The fourth-order valence-electron chi connectivity index (χ4n) is 1.78. The number of hydrogen-bond acceptors (Lipinski definition) is 4. The summed E-state index contributed by atoms with van der Waals surface area (Å²) in [5, 5.41) is 23.4. The van der Waals surface area contributed by atoms with Crippen molar-refractivity contribution in [3.63, 3.8) is 0 Å². The van der Waals surface area contributed by atoms with Crippen LogP contribution >= 0.6 is 15.9 Å². The van der Waals surface area contributed by atoms with Gasteiger partial charge < -0.3 is 15.7 Å². The molecule has 0 heterocycles. The van der Waals surface area contributed by atoms with Crippen molar-refractivity contribution in [3.05, 3.63) is 40.5 Å². The van der Waals surface area contributed by atoms with Crippen LogP contribution in [0.1, 0.15) is 20.3 Å². The molecule has 0 fully saturated rings. The van der Waals surface area contributed by atoms with E-state index in [1.165, 1.54) is 6.20 Å². The number of benzene rings is 1. The summed E-state index contributed by atoms with van der Waals surface area (Å²) in [5.74, 6) is -1.73. The molecule has 7 heteroatoms. The molecule has 1 rings (SSSR count). The number of nitrogens with zero attached hydrogens (tertiary/aromatic N) is 1. The zero-order valence-electron chi connectivity index (χ0n) is 12.8. The van der Waals surface area contributed by atoms with Crippen LogP contribution in [0.15, 0.2) is 40.5 Å². The molecule has 1 unspecified atom stereocenters. The zero-order valence-corrected chi connectivity index (χ0v) is 14.4. The molecule has 122 valence electrons. The van der Waals surface area contributed by atoms with Crippen molar-refractivity contribution in [2.24, 2.45) is 5.92 Å². The van der Waals surface area contributed by atoms with Gasteiger partial charge >= 0.3 is 5.97 Å². The highest BCUT2D eigenvalue weighted by Crippen LogP contribution is 2.14. The zero-order chi connectivity index (χ0) is 17.4. The van der Waals surface area contributed by atoms with Crippen LogP contribution < -0.4 is 10.6 Å². The number of carbonyl (C=O) groups excluding carboxylic acids is 1. The fraction of sp³-hybridized carbons (Fsp3) is 0.312. The molecule has 1 aromatic rings. The number of nitrogens with one attached hydrogen (secondary N) is 2. The number of carbonyl (C=O) groups is 2. The van der Waals surface area contributed by atoms with Gasteiger partial charge in [-0.15, -0.1) is 0 Å². The monoisotopic (exact) mass is 379 g/mol. The number of hydrogen-bond donors (Lipinski definition) is 3. The summed E-state index contributed by atoms with van der Waals surface area (Å²) in [6, 6.07) is 7.91. The highest BCUT2D eigenvalue weighted by molar-refractivity contribution is 9.10. The molecule has 23 heavy (non-hydrogen) atoms. The van der Waals surface area contributed by atoms with Crippen LogP contribution in [0.3, 0.4) is 0 Å². The number of aliphatic carboxylic acids is 1. The minimum Gasteiger partial charge on any atom is -0.480 e. The Morgan fingerprint density at radius 2 is 1.96 bits per heavy atom. The summed E-state index contributed by atoms with van der Waals surface area (Å²) in [6.07, 6.45) is 1.55. The van der Waals surface area contributed by atoms with E-state index in [1.54, 1.807) is 18.2 Å². The maximum atomic E-state index is 12.0. The summed E-state index contributed by atoms with van der Waals surface area (Å²) >= 11 is 3.31. The summed E-state index contributed by atoms with van der Waals surface area (Å²) in [6.45, 7) is 3.72. The average Bonchev–Trinajstić information content (AvgIpc) is 2.48. The van der Waals surface area contributed by atoms with Crippen molar-refractivity contribution in [1.29, 1.82) is 5.26 Å². The van der Waals surface area contributed by atoms with Gasteiger partial charge in [0, 0.05) is 16.4 Å². The Morgan fingerprint density at radius 3 is 2.43 bits per heavy atom. The Morgan fingerprint density at radius 1 is 1.35 bits per heavy atom. The van der Waals surface area contributed by atoms with Gasteiger partial charge in [-0.25, -0.2) is 4.79 Å². The second kappa shape index (κ2) is 8.96. The molecule has 1 atom stereocenters. The van der Waals surface area contributed by atoms with Crippen LogP contribution in [0.4, 0.5) is 5.69 Å². The first-order chi connectivity index (χ1) is 10.8. The molecule has 0 saturated carbocycles. The summed E-state index contributed by atoms with van der Waals surface area (Å²) in [4.78, 5) is 23.2. The molecule has 6 nitrogen and oxygen atoms in total. The lowest BCUT2D eigenvalue weighted by Crippen LogP contribution is -2.42. The SMILES string of the molecule is CC(C)CC(NC(=O)/C(C#N)=C\Nc1ccc(Br)cc1)C(=O)O. The summed E-state index contributed by atoms with van der Waals surface area (Å²) in [7, 11) is 0. The Bertz CT molecular complexity index is 633. The van der Waals surface area contributed by atoms with Crippen LogP contribution in [0.2, 0.25) is 0 Å². The van der Waals surface area contributed by atoms with E-state index in [0.717, 1.165) is 4.47 Å². The van der Waals surface area contributed by atoms with Crippen LogP contribution in [0.25, 0.3) is 0 Å². The van der Waals surface area contributed by atoms with Gasteiger partial charge in [-0.3, -0.25) is 4.79 Å². The molecule has 0 bridgehead atoms. The van der Waals surface area contributed by atoms with Gasteiger partial charge in [-0.05, 0) is 36.6 Å². The lowest BCUT2D eigenvalue weighted by molar-refractivity contribution is -0.141. The minimum absolute atomic E-state index is 0.104. The van der Waals surface area contributed by atoms with Gasteiger partial charge in [0.1, 0.15) is 17.7 Å². The van der Waals surface area contributed by atoms with Crippen molar-refractivity contribution in [3.8, 4) is 6.07 Å². The predicted octanol–water partition coefficient (Wildman–Crippen LogP) is 2.88. The van der Waals surface area contributed by atoms with Crippen LogP contribution in [0.5, 0.6) is 0 Å². The number of nitriles is 1. The van der Waals surface area contributed by atoms with Crippen molar-refractivity contribution in [2.75, 3.05) is 5.32 Å². The van der Waals surface area contributed by atoms with Gasteiger partial charge in [0.2, 0.25) is 0 Å². The largest absolute Gasteiger partial charge is 0.480 e. The smallest absolute Gasteiger partial charge is 0.326 e. The molecule has 0 aliphatic carbocycles. The first kappa shape index (κ1) is 18.7. The topological polar surface area (TPSA) is 102 Å². The maximum absolute atomic E-state index is 12.0. The van der Waals surface area contributed by atoms with Crippen LogP contribution in [0, 0.1) is 17.2 Å². The Kier molecular flexibility index (Phi) is 7.29. The van der Waals surface area contributed by atoms with Crippen molar-refractivity contribution in [2.45, 2.75) is 26.3 Å². The number of carboxylic acids is 1. The summed E-state index contributed by atoms with van der Waals surface area (Å²) in [5.41, 5.74) is 0.508. The minimum atomic E-state index is -1.12. The van der Waals surface area contributed by atoms with E-state index in [9.17, 15) is 9.59 Å². The van der Waals surface area contributed by atoms with E-state index in [0.29, 0.717) is 12.1 Å². The van der Waals surface area contributed by atoms with E-state index in [2.05, 4.69) is 26.6 Å². The van der Waals surface area contributed by atoms with Gasteiger partial charge in [0.05, 0.1) is 0 Å². The summed E-state index contributed by atoms with van der Waals surface area (Å²) < 4.78 is 0.906. The molecule has 0 aliphatic rings. The maximum Gasteiger partial charge on any atom is 0.326 e. The molecule has 0 spiro atoms. The number of amides is 1. The lowest BCUT2D eigenvalue weighted by atomic mass is 10.0. The molecule has 0 saturated heterocycles. The third kappa shape index (κ3) is 6.53. The second-order valence-electron chi connectivity index (χ2n) is 5.31. The van der Waals surface area contributed by atoms with Crippen molar-refractivity contribution >= 4 is 33.5 Å². The third-order valence-electron chi connectivity index (χ3n) is 2.90. The molecule has 0 radical (unpaired) electrons. The number of halogens is 1. The molecule has 0 aromatic heterocycles.